The van der Waals surface area contributed by atoms with E-state index in [9.17, 15) is 19.2 Å². The second-order valence-corrected chi connectivity index (χ2v) is 6.97. The molecule has 0 saturated carbocycles. The summed E-state index contributed by atoms with van der Waals surface area (Å²) in [5, 5.41) is 14.5. The number of rotatable bonds is 9. The van der Waals surface area contributed by atoms with Gasteiger partial charge in [0.05, 0.1) is 12.3 Å². The summed E-state index contributed by atoms with van der Waals surface area (Å²) < 4.78 is 24.5. The van der Waals surface area contributed by atoms with Crippen molar-refractivity contribution in [2.75, 3.05) is 23.8 Å². The van der Waals surface area contributed by atoms with E-state index in [0.717, 1.165) is 0 Å². The zero-order valence-corrected chi connectivity index (χ0v) is 18.4. The van der Waals surface area contributed by atoms with Crippen LogP contribution in [0.4, 0.5) is 15.8 Å². The van der Waals surface area contributed by atoms with Gasteiger partial charge in [0.2, 0.25) is 0 Å². The molecule has 172 valence electrons. The number of para-hydroxylation sites is 1. The van der Waals surface area contributed by atoms with Crippen LogP contribution in [0, 0.1) is 17.1 Å². The average Bonchev–Trinajstić information content (AvgIpc) is 2.84. The molecule has 0 bridgehead atoms. The van der Waals surface area contributed by atoms with Gasteiger partial charge in [-0.1, -0.05) is 24.3 Å². The molecule has 2 N–H and O–H groups in total. The van der Waals surface area contributed by atoms with E-state index in [4.69, 9.17) is 9.47 Å². The van der Waals surface area contributed by atoms with Crippen LogP contribution in [0.25, 0.3) is 6.08 Å². The van der Waals surface area contributed by atoms with Gasteiger partial charge in [0.25, 0.3) is 11.8 Å². The van der Waals surface area contributed by atoms with Gasteiger partial charge in [0.1, 0.15) is 29.0 Å². The number of hydrogen-bond donors (Lipinski definition) is 2. The van der Waals surface area contributed by atoms with Crippen molar-refractivity contribution in [3.05, 3.63) is 89.8 Å². The minimum absolute atomic E-state index is 0.0602. The van der Waals surface area contributed by atoms with Gasteiger partial charge >= 0.3 is 0 Å². The zero-order valence-electron chi connectivity index (χ0n) is 18.4. The van der Waals surface area contributed by atoms with Crippen LogP contribution in [0.15, 0.2) is 78.4 Å². The van der Waals surface area contributed by atoms with Gasteiger partial charge in [-0.2, -0.15) is 5.26 Å². The summed E-state index contributed by atoms with van der Waals surface area (Å²) >= 11 is 0. The van der Waals surface area contributed by atoms with Crippen molar-refractivity contribution >= 4 is 29.3 Å². The summed E-state index contributed by atoms with van der Waals surface area (Å²) in [4.78, 5) is 24.6. The van der Waals surface area contributed by atoms with Crippen molar-refractivity contribution in [3.8, 4) is 17.6 Å². The predicted octanol–water partition coefficient (Wildman–Crippen LogP) is 4.79. The first-order chi connectivity index (χ1) is 16.5. The van der Waals surface area contributed by atoms with Crippen LogP contribution in [-0.4, -0.2) is 25.0 Å². The number of nitriles is 1. The molecule has 3 aromatic carbocycles. The van der Waals surface area contributed by atoms with Crippen LogP contribution in [0.2, 0.25) is 0 Å². The van der Waals surface area contributed by atoms with E-state index in [0.29, 0.717) is 29.4 Å². The first-order valence-electron chi connectivity index (χ1n) is 10.4. The Labute approximate surface area is 196 Å². The van der Waals surface area contributed by atoms with E-state index in [-0.39, 0.29) is 17.9 Å². The lowest BCUT2D eigenvalue weighted by molar-refractivity contribution is -0.118. The Kier molecular flexibility index (Phi) is 8.36. The summed E-state index contributed by atoms with van der Waals surface area (Å²) in [6.45, 7) is 2.07. The largest absolute Gasteiger partial charge is 0.494 e. The fraction of sp³-hybridized carbons (Fsp3) is 0.115. The number of nitrogens with one attached hydrogen (secondary N) is 2. The van der Waals surface area contributed by atoms with Crippen molar-refractivity contribution in [1.82, 2.24) is 0 Å². The fourth-order valence-electron chi connectivity index (χ4n) is 2.91. The van der Waals surface area contributed by atoms with E-state index >= 15 is 0 Å². The molecule has 3 aromatic rings. The zero-order chi connectivity index (χ0) is 24.3. The van der Waals surface area contributed by atoms with E-state index in [1.54, 1.807) is 54.6 Å². The van der Waals surface area contributed by atoms with Crippen molar-refractivity contribution < 1.29 is 23.5 Å². The smallest absolute Gasteiger partial charge is 0.266 e. The molecule has 0 spiro atoms. The molecule has 0 aliphatic rings. The van der Waals surface area contributed by atoms with Crippen LogP contribution in [0.3, 0.4) is 0 Å². The second kappa shape index (κ2) is 11.8. The van der Waals surface area contributed by atoms with Crippen LogP contribution in [-0.2, 0) is 9.59 Å². The average molecular weight is 459 g/mol. The number of nitrogens with zero attached hydrogens (tertiary/aromatic N) is 1. The van der Waals surface area contributed by atoms with Crippen LogP contribution < -0.4 is 20.1 Å². The van der Waals surface area contributed by atoms with Crippen LogP contribution in [0.1, 0.15) is 12.5 Å². The van der Waals surface area contributed by atoms with Gasteiger partial charge in [-0.25, -0.2) is 4.39 Å². The van der Waals surface area contributed by atoms with Gasteiger partial charge in [-0.05, 0) is 67.1 Å². The van der Waals surface area contributed by atoms with Crippen LogP contribution in [0.5, 0.6) is 11.5 Å². The molecule has 0 aliphatic carbocycles. The van der Waals surface area contributed by atoms with Gasteiger partial charge in [-0.15, -0.1) is 0 Å². The summed E-state index contributed by atoms with van der Waals surface area (Å²) in [5.74, 6) is -0.617. The standard InChI is InChI=1S/C26H22FN3O4/c1-2-33-21-12-10-20(11-13-21)29-26(32)19(16-28)14-18-6-5-7-22(15-18)34-17-25(31)30-24-9-4-3-8-23(24)27/h3-15H,2,17H2,1H3,(H,29,32)(H,30,31). The van der Waals surface area contributed by atoms with Crippen LogP contribution >= 0.6 is 0 Å². The highest BCUT2D eigenvalue weighted by Crippen LogP contribution is 2.19. The predicted molar refractivity (Wildman–Crippen MR) is 127 cm³/mol. The Morgan fingerprint density at radius 1 is 0.971 bits per heavy atom. The van der Waals surface area contributed by atoms with Gasteiger partial charge in [0.15, 0.2) is 6.61 Å². The Balaban J connectivity index is 1.62. The highest BCUT2D eigenvalue weighted by molar-refractivity contribution is 6.09. The Hall–Kier alpha value is -4.64. The van der Waals surface area contributed by atoms with E-state index in [2.05, 4.69) is 10.6 Å². The summed E-state index contributed by atoms with van der Waals surface area (Å²) in [6.07, 6.45) is 1.41. The number of carbonyl (C=O) groups is 2. The molecule has 0 fully saturated rings. The monoisotopic (exact) mass is 459 g/mol. The number of halogens is 1. The number of anilines is 2. The van der Waals surface area contributed by atoms with Crippen molar-refractivity contribution in [1.29, 1.82) is 5.26 Å². The minimum atomic E-state index is -0.567. The molecule has 34 heavy (non-hydrogen) atoms. The molecule has 0 aliphatic heterocycles. The molecule has 3 rings (SSSR count). The molecule has 0 heterocycles. The molecule has 0 atom stereocenters. The maximum absolute atomic E-state index is 13.6. The molecular weight excluding hydrogens is 437 g/mol. The Morgan fingerprint density at radius 2 is 1.74 bits per heavy atom. The number of hydrogen-bond acceptors (Lipinski definition) is 5. The lowest BCUT2D eigenvalue weighted by Crippen LogP contribution is -2.20. The molecule has 8 heteroatoms. The highest BCUT2D eigenvalue weighted by atomic mass is 19.1. The van der Waals surface area contributed by atoms with Crippen molar-refractivity contribution in [2.45, 2.75) is 6.92 Å². The molecule has 0 aromatic heterocycles. The topological polar surface area (TPSA) is 100 Å². The maximum Gasteiger partial charge on any atom is 0.266 e. The third-order valence-electron chi connectivity index (χ3n) is 4.48. The summed E-state index contributed by atoms with van der Waals surface area (Å²) in [6, 6.07) is 21.1. The molecule has 0 unspecified atom stereocenters. The molecule has 0 saturated heterocycles. The Morgan fingerprint density at radius 3 is 2.44 bits per heavy atom. The fourth-order valence-corrected chi connectivity index (χ4v) is 2.91. The molecular formula is C26H22FN3O4. The highest BCUT2D eigenvalue weighted by Gasteiger charge is 2.11. The SMILES string of the molecule is CCOc1ccc(NC(=O)C(C#N)=Cc2cccc(OCC(=O)Nc3ccccc3F)c2)cc1. The van der Waals surface area contributed by atoms with E-state index in [1.165, 1.54) is 24.3 Å². The van der Waals surface area contributed by atoms with E-state index in [1.807, 2.05) is 13.0 Å². The molecule has 7 nitrogen and oxygen atoms in total. The number of amides is 2. The molecule has 0 radical (unpaired) electrons. The lowest BCUT2D eigenvalue weighted by atomic mass is 10.1. The number of carbonyl (C=O) groups excluding carboxylic acids is 2. The third-order valence-corrected chi connectivity index (χ3v) is 4.48. The summed E-state index contributed by atoms with van der Waals surface area (Å²) in [7, 11) is 0. The maximum atomic E-state index is 13.6. The quantitative estimate of drug-likeness (QED) is 0.354. The number of benzene rings is 3. The number of ether oxygens (including phenoxy) is 2. The Bertz CT molecular complexity index is 1230. The van der Waals surface area contributed by atoms with Crippen molar-refractivity contribution in [2.24, 2.45) is 0 Å². The second-order valence-electron chi connectivity index (χ2n) is 6.97. The van der Waals surface area contributed by atoms with Crippen molar-refractivity contribution in [3.63, 3.8) is 0 Å². The lowest BCUT2D eigenvalue weighted by Gasteiger charge is -2.09. The van der Waals surface area contributed by atoms with Gasteiger partial charge in [-0.3, -0.25) is 9.59 Å². The van der Waals surface area contributed by atoms with Gasteiger partial charge in [0, 0.05) is 5.69 Å². The summed E-state index contributed by atoms with van der Waals surface area (Å²) in [5.41, 5.74) is 1.01. The normalized spacial score (nSPS) is 10.7. The third kappa shape index (κ3) is 6.93. The minimum Gasteiger partial charge on any atom is -0.494 e. The van der Waals surface area contributed by atoms with E-state index < -0.39 is 17.6 Å². The first-order valence-corrected chi connectivity index (χ1v) is 10.4. The first kappa shape index (κ1) is 24.0. The van der Waals surface area contributed by atoms with Gasteiger partial charge < -0.3 is 20.1 Å². The molecule has 2 amide bonds.